The zero-order chi connectivity index (χ0) is 33.3. The van der Waals surface area contributed by atoms with Crippen molar-refractivity contribution >= 4 is 0 Å². The molecule has 4 N–H and O–H groups in total. The van der Waals surface area contributed by atoms with Crippen LogP contribution in [-0.2, 0) is 12.8 Å². The van der Waals surface area contributed by atoms with Crippen LogP contribution in [0.15, 0.2) is 24.3 Å². The average Bonchev–Trinajstić information content (AvgIpc) is 3.66. The molecule has 0 aliphatic heterocycles. The molecule has 0 amide bonds. The Hall–Kier alpha value is -4.14. The number of imidazole rings is 2. The van der Waals surface area contributed by atoms with E-state index < -0.39 is 0 Å². The maximum absolute atomic E-state index is 10.1. The van der Waals surface area contributed by atoms with Gasteiger partial charge in [-0.3, -0.25) is 0 Å². The van der Waals surface area contributed by atoms with Gasteiger partial charge in [0.1, 0.15) is 11.6 Å². The van der Waals surface area contributed by atoms with Crippen LogP contribution in [0.25, 0.3) is 22.8 Å². The van der Waals surface area contributed by atoms with Crippen molar-refractivity contribution in [1.29, 1.82) is 0 Å². The highest BCUT2D eigenvalue weighted by molar-refractivity contribution is 5.67. The molecule has 9 heteroatoms. The zero-order valence-corrected chi connectivity index (χ0v) is 28.7. The van der Waals surface area contributed by atoms with E-state index >= 15 is 0 Å². The van der Waals surface area contributed by atoms with Crippen LogP contribution in [-0.4, -0.2) is 51.5 Å². The largest absolute Gasteiger partial charge is 0.504 e. The van der Waals surface area contributed by atoms with Gasteiger partial charge in [-0.15, -0.1) is 0 Å². The van der Waals surface area contributed by atoms with Gasteiger partial charge in [0.15, 0.2) is 23.0 Å². The third-order valence-corrected chi connectivity index (χ3v) is 7.81. The second-order valence-electron chi connectivity index (χ2n) is 12.0. The highest BCUT2D eigenvalue weighted by Crippen LogP contribution is 2.40. The van der Waals surface area contributed by atoms with Crippen LogP contribution in [0, 0.1) is 6.92 Å². The molecule has 0 saturated heterocycles. The van der Waals surface area contributed by atoms with E-state index in [0.717, 1.165) is 78.3 Å². The van der Waals surface area contributed by atoms with Crippen LogP contribution in [0.4, 0.5) is 0 Å². The smallest absolute Gasteiger partial charge is 0.200 e. The van der Waals surface area contributed by atoms with Gasteiger partial charge in [-0.05, 0) is 74.3 Å². The van der Waals surface area contributed by atoms with E-state index in [1.165, 1.54) is 25.6 Å². The van der Waals surface area contributed by atoms with Gasteiger partial charge in [0.25, 0.3) is 0 Å². The van der Waals surface area contributed by atoms with Gasteiger partial charge in [-0.25, -0.2) is 9.97 Å². The molecule has 4 rings (SSSR count). The van der Waals surface area contributed by atoms with Crippen molar-refractivity contribution in [2.45, 2.75) is 98.8 Å². The molecule has 246 valence electrons. The monoisotopic (exact) mass is 620 g/mol. The summed E-state index contributed by atoms with van der Waals surface area (Å²) in [4.78, 5) is 16.4. The molecular formula is C36H52N4O5. The van der Waals surface area contributed by atoms with E-state index in [1.54, 1.807) is 19.2 Å². The Morgan fingerprint density at radius 2 is 1.20 bits per heavy atom. The number of hydrogen-bond donors (Lipinski definition) is 4. The van der Waals surface area contributed by atoms with Gasteiger partial charge in [0.2, 0.25) is 5.75 Å². The van der Waals surface area contributed by atoms with Crippen molar-refractivity contribution in [2.24, 2.45) is 0 Å². The number of methoxy groups -OCH3 is 3. The number of phenols is 2. The molecule has 0 bridgehead atoms. The van der Waals surface area contributed by atoms with Crippen molar-refractivity contribution in [3.63, 3.8) is 0 Å². The van der Waals surface area contributed by atoms with Crippen molar-refractivity contribution in [3.8, 4) is 51.5 Å². The summed E-state index contributed by atoms with van der Waals surface area (Å²) >= 11 is 0. The predicted molar refractivity (Wildman–Crippen MR) is 181 cm³/mol. The first-order valence-corrected chi connectivity index (χ1v) is 16.0. The highest BCUT2D eigenvalue weighted by Gasteiger charge is 2.19. The molecule has 9 nitrogen and oxygen atoms in total. The van der Waals surface area contributed by atoms with Crippen molar-refractivity contribution in [2.75, 3.05) is 21.3 Å². The Labute approximate surface area is 268 Å². The summed E-state index contributed by atoms with van der Waals surface area (Å²) in [6.45, 7) is 14.9. The Morgan fingerprint density at radius 1 is 0.689 bits per heavy atom. The SMILES string of the molecule is CCCCc1nc(-c2cc(OC)c(O)c(OC)c2)[nH]c1CCCC.COc1cc(-c2nc(C(C)C)c(C(C)C)[nH]2)cc(C)c1O. The summed E-state index contributed by atoms with van der Waals surface area (Å²) in [5.74, 6) is 3.80. The number of rotatable bonds is 13. The van der Waals surface area contributed by atoms with E-state index in [1.807, 2.05) is 19.1 Å². The number of phenolic OH excluding ortho intramolecular Hbond substituents is 2. The molecule has 0 unspecified atom stereocenters. The number of aromatic amines is 2. The maximum atomic E-state index is 10.1. The number of benzene rings is 2. The van der Waals surface area contributed by atoms with Gasteiger partial charge in [0.05, 0.1) is 32.7 Å². The number of ether oxygens (including phenoxy) is 3. The van der Waals surface area contributed by atoms with Crippen molar-refractivity contribution < 1.29 is 24.4 Å². The molecule has 0 radical (unpaired) electrons. The number of nitrogens with zero attached hydrogens (tertiary/aromatic N) is 2. The number of aromatic nitrogens is 4. The lowest BCUT2D eigenvalue weighted by atomic mass is 10.0. The highest BCUT2D eigenvalue weighted by atomic mass is 16.5. The Kier molecular flexibility index (Phi) is 12.8. The summed E-state index contributed by atoms with van der Waals surface area (Å²) in [7, 11) is 4.61. The molecule has 2 heterocycles. The fourth-order valence-corrected chi connectivity index (χ4v) is 5.18. The van der Waals surface area contributed by atoms with Crippen molar-refractivity contribution in [1.82, 2.24) is 19.9 Å². The normalized spacial score (nSPS) is 11.1. The quantitative estimate of drug-likeness (QED) is 0.118. The molecule has 0 aliphatic carbocycles. The zero-order valence-electron chi connectivity index (χ0n) is 28.7. The van der Waals surface area contributed by atoms with Crippen molar-refractivity contribution in [3.05, 3.63) is 52.6 Å². The van der Waals surface area contributed by atoms with E-state index in [2.05, 4.69) is 51.5 Å². The third kappa shape index (κ3) is 8.53. The molecule has 2 aromatic carbocycles. The molecule has 2 aromatic heterocycles. The second kappa shape index (κ2) is 16.3. The Morgan fingerprint density at radius 3 is 1.69 bits per heavy atom. The van der Waals surface area contributed by atoms with Crippen LogP contribution in [0.3, 0.4) is 0 Å². The first kappa shape index (κ1) is 35.3. The van der Waals surface area contributed by atoms with Crippen LogP contribution in [0.1, 0.15) is 107 Å². The maximum Gasteiger partial charge on any atom is 0.200 e. The minimum atomic E-state index is 0.00715. The molecule has 0 fully saturated rings. The lowest BCUT2D eigenvalue weighted by Gasteiger charge is -2.10. The van der Waals surface area contributed by atoms with Gasteiger partial charge in [-0.1, -0.05) is 54.4 Å². The number of nitrogens with one attached hydrogen (secondary N) is 2. The molecular weight excluding hydrogens is 568 g/mol. The first-order valence-electron chi connectivity index (χ1n) is 16.0. The number of hydrogen-bond acceptors (Lipinski definition) is 7. The van der Waals surface area contributed by atoms with E-state index in [9.17, 15) is 10.2 Å². The second-order valence-corrected chi connectivity index (χ2v) is 12.0. The predicted octanol–water partition coefficient (Wildman–Crippen LogP) is 8.83. The topological polar surface area (TPSA) is 126 Å². The Balaban J connectivity index is 0.000000248. The summed E-state index contributed by atoms with van der Waals surface area (Å²) in [5, 5.41) is 20.0. The van der Waals surface area contributed by atoms with Gasteiger partial charge >= 0.3 is 0 Å². The fraction of sp³-hybridized carbons (Fsp3) is 0.500. The minimum Gasteiger partial charge on any atom is -0.504 e. The Bertz CT molecular complexity index is 1460. The number of aromatic hydroxyl groups is 2. The third-order valence-electron chi connectivity index (χ3n) is 7.81. The summed E-state index contributed by atoms with van der Waals surface area (Å²) in [6, 6.07) is 7.30. The fourth-order valence-electron chi connectivity index (χ4n) is 5.18. The number of H-pyrrole nitrogens is 2. The van der Waals surface area contributed by atoms with Gasteiger partial charge < -0.3 is 34.4 Å². The lowest BCUT2D eigenvalue weighted by Crippen LogP contribution is -1.96. The van der Waals surface area contributed by atoms with Crippen LogP contribution < -0.4 is 14.2 Å². The van der Waals surface area contributed by atoms with Crippen LogP contribution in [0.2, 0.25) is 0 Å². The van der Waals surface area contributed by atoms with Gasteiger partial charge in [0, 0.05) is 22.5 Å². The van der Waals surface area contributed by atoms with E-state index in [-0.39, 0.29) is 11.5 Å². The summed E-state index contributed by atoms with van der Waals surface area (Å²) in [6.07, 6.45) is 6.57. The summed E-state index contributed by atoms with van der Waals surface area (Å²) in [5.41, 5.74) is 7.18. The molecule has 45 heavy (non-hydrogen) atoms. The van der Waals surface area contributed by atoms with Gasteiger partial charge in [-0.2, -0.15) is 0 Å². The number of aryl methyl sites for hydroxylation is 3. The molecule has 0 aliphatic rings. The van der Waals surface area contributed by atoms with E-state index in [4.69, 9.17) is 24.2 Å². The lowest BCUT2D eigenvalue weighted by molar-refractivity contribution is 0.340. The molecule has 0 saturated carbocycles. The molecule has 0 spiro atoms. The molecule has 4 aromatic rings. The minimum absolute atomic E-state index is 0.00715. The molecule has 0 atom stereocenters. The summed E-state index contributed by atoms with van der Waals surface area (Å²) < 4.78 is 15.7. The average molecular weight is 621 g/mol. The van der Waals surface area contributed by atoms with Crippen LogP contribution >= 0.6 is 0 Å². The van der Waals surface area contributed by atoms with Crippen LogP contribution in [0.5, 0.6) is 28.7 Å². The first-order chi connectivity index (χ1) is 21.5. The van der Waals surface area contributed by atoms with E-state index in [0.29, 0.717) is 29.1 Å². The standard InChI is InChI=1S/C19H28N2O3.C17H24N2O2/c1-5-7-9-14-15(10-8-6-2)21-19(20-14)13-11-16(23-3)18(22)17(12-13)24-4;1-9(2)14-15(10(3)4)19-17(18-14)12-7-11(5)16(20)13(8-12)21-6/h11-12,22H,5-10H2,1-4H3,(H,20,21);7-10,20H,1-6H3,(H,18,19). The number of unbranched alkanes of at least 4 members (excludes halogenated alkanes) is 2.